The molecule has 0 aliphatic heterocycles. The van der Waals surface area contributed by atoms with E-state index in [1.807, 2.05) is 18.3 Å². The molecule has 0 saturated heterocycles. The number of benzene rings is 1. The van der Waals surface area contributed by atoms with Crippen LogP contribution in [0.4, 0.5) is 0 Å². The van der Waals surface area contributed by atoms with Gasteiger partial charge in [0.05, 0.1) is 19.7 Å². The molecule has 5 nitrogen and oxygen atoms in total. The van der Waals surface area contributed by atoms with Gasteiger partial charge in [-0.25, -0.2) is 9.98 Å². The monoisotopic (exact) mass is 360 g/mol. The smallest absolute Gasteiger partial charge is 0.191 e. The van der Waals surface area contributed by atoms with Crippen LogP contribution in [0.2, 0.25) is 0 Å². The van der Waals surface area contributed by atoms with Crippen LogP contribution in [0.5, 0.6) is 5.75 Å². The molecule has 2 aromatic rings. The second-order valence-corrected chi connectivity index (χ2v) is 7.58. The van der Waals surface area contributed by atoms with Gasteiger partial charge in [0.15, 0.2) is 5.96 Å². The molecule has 136 valence electrons. The molecule has 0 aliphatic rings. The summed E-state index contributed by atoms with van der Waals surface area (Å²) in [5.41, 5.74) is 1.15. The Morgan fingerprint density at radius 2 is 2.00 bits per heavy atom. The highest BCUT2D eigenvalue weighted by Gasteiger charge is 2.02. The molecule has 0 atom stereocenters. The number of ether oxygens (including phenoxy) is 1. The largest absolute Gasteiger partial charge is 0.493 e. The first-order valence-electron chi connectivity index (χ1n) is 8.72. The number of guanidine groups is 1. The summed E-state index contributed by atoms with van der Waals surface area (Å²) in [6, 6.07) is 8.14. The minimum absolute atomic E-state index is 0.527. The summed E-state index contributed by atoms with van der Waals surface area (Å²) in [5.74, 6) is 2.24. The average Bonchev–Trinajstić information content (AvgIpc) is 3.02. The summed E-state index contributed by atoms with van der Waals surface area (Å²) in [7, 11) is 0. The first-order chi connectivity index (χ1) is 12.1. The Morgan fingerprint density at radius 3 is 2.60 bits per heavy atom. The van der Waals surface area contributed by atoms with Crippen LogP contribution in [-0.2, 0) is 13.1 Å². The molecule has 6 heteroatoms. The van der Waals surface area contributed by atoms with Gasteiger partial charge in [-0.2, -0.15) is 0 Å². The summed E-state index contributed by atoms with van der Waals surface area (Å²) in [6.07, 6.45) is 1.90. The maximum absolute atomic E-state index is 5.71. The van der Waals surface area contributed by atoms with E-state index in [4.69, 9.17) is 4.74 Å². The zero-order valence-corrected chi connectivity index (χ0v) is 16.3. The Bertz CT molecular complexity index is 664. The van der Waals surface area contributed by atoms with Crippen molar-refractivity contribution in [3.8, 4) is 5.75 Å². The van der Waals surface area contributed by atoms with Gasteiger partial charge in [-0.3, -0.25) is 0 Å². The zero-order valence-electron chi connectivity index (χ0n) is 15.5. The number of aryl methyl sites for hydroxylation is 1. The summed E-state index contributed by atoms with van der Waals surface area (Å²) in [5, 5.41) is 7.66. The molecule has 1 aromatic heterocycles. The summed E-state index contributed by atoms with van der Waals surface area (Å²) < 4.78 is 5.71. The van der Waals surface area contributed by atoms with Crippen molar-refractivity contribution in [3.05, 3.63) is 45.9 Å². The van der Waals surface area contributed by atoms with E-state index in [0.717, 1.165) is 35.4 Å². The van der Waals surface area contributed by atoms with Gasteiger partial charge >= 0.3 is 0 Å². The molecule has 1 aromatic carbocycles. The van der Waals surface area contributed by atoms with Crippen molar-refractivity contribution < 1.29 is 4.74 Å². The Kier molecular flexibility index (Phi) is 7.73. The fourth-order valence-electron chi connectivity index (χ4n) is 2.11. The van der Waals surface area contributed by atoms with Crippen molar-refractivity contribution in [2.45, 2.75) is 40.8 Å². The number of aliphatic imine (C=N–C) groups is 1. The third-order valence-electron chi connectivity index (χ3n) is 3.35. The van der Waals surface area contributed by atoms with Gasteiger partial charge in [-0.05, 0) is 37.5 Å². The van der Waals surface area contributed by atoms with Gasteiger partial charge in [0.1, 0.15) is 10.8 Å². The Labute approximate surface area is 154 Å². The number of aromatic nitrogens is 1. The van der Waals surface area contributed by atoms with E-state index < -0.39 is 0 Å². The molecule has 0 radical (unpaired) electrons. The molecule has 0 aliphatic carbocycles. The normalized spacial score (nSPS) is 11.6. The van der Waals surface area contributed by atoms with E-state index in [9.17, 15) is 0 Å². The van der Waals surface area contributed by atoms with Crippen LogP contribution in [0.3, 0.4) is 0 Å². The lowest BCUT2D eigenvalue weighted by molar-refractivity contribution is 0.271. The zero-order chi connectivity index (χ0) is 18.1. The number of hydrogen-bond donors (Lipinski definition) is 2. The number of nitrogens with zero attached hydrogens (tertiary/aromatic N) is 2. The van der Waals surface area contributed by atoms with Crippen LogP contribution in [0.15, 0.2) is 35.5 Å². The second-order valence-electron chi connectivity index (χ2n) is 6.26. The van der Waals surface area contributed by atoms with Gasteiger partial charge in [-0.15, -0.1) is 11.3 Å². The summed E-state index contributed by atoms with van der Waals surface area (Å²) >= 11 is 1.70. The molecule has 1 heterocycles. The van der Waals surface area contributed by atoms with Gasteiger partial charge in [0.25, 0.3) is 0 Å². The van der Waals surface area contributed by atoms with Gasteiger partial charge < -0.3 is 15.4 Å². The topological polar surface area (TPSA) is 58.5 Å². The molecule has 0 spiro atoms. The number of rotatable bonds is 8. The van der Waals surface area contributed by atoms with Crippen LogP contribution in [0, 0.1) is 12.8 Å². The molecule has 0 unspecified atom stereocenters. The third-order valence-corrected chi connectivity index (χ3v) is 4.26. The molecular formula is C19H28N4OS. The highest BCUT2D eigenvalue weighted by Crippen LogP contribution is 2.14. The Morgan fingerprint density at radius 1 is 1.24 bits per heavy atom. The number of thiazole rings is 1. The van der Waals surface area contributed by atoms with E-state index in [-0.39, 0.29) is 0 Å². The lowest BCUT2D eigenvalue weighted by Gasteiger charge is -2.11. The highest BCUT2D eigenvalue weighted by molar-refractivity contribution is 7.11. The minimum Gasteiger partial charge on any atom is -0.493 e. The standard InChI is InChI=1S/C19H28N4OS/c1-5-20-19(23-12-18-21-10-15(4)25-18)22-11-16-6-8-17(9-7-16)24-13-14(2)3/h6-10,14H,5,11-13H2,1-4H3,(H2,20,22,23). The molecule has 2 N–H and O–H groups in total. The first kappa shape index (κ1) is 19.2. The summed E-state index contributed by atoms with van der Waals surface area (Å²) in [4.78, 5) is 10.2. The lowest BCUT2D eigenvalue weighted by Crippen LogP contribution is -2.36. The predicted octanol–water partition coefficient (Wildman–Crippen LogP) is 3.74. The molecule has 2 rings (SSSR count). The molecule has 0 fully saturated rings. The van der Waals surface area contributed by atoms with Gasteiger partial charge in [0.2, 0.25) is 0 Å². The average molecular weight is 361 g/mol. The molecule has 0 bridgehead atoms. The molecule has 25 heavy (non-hydrogen) atoms. The second kappa shape index (κ2) is 10.0. The van der Waals surface area contributed by atoms with Crippen molar-refractivity contribution in [2.24, 2.45) is 10.9 Å². The van der Waals surface area contributed by atoms with Crippen LogP contribution < -0.4 is 15.4 Å². The van der Waals surface area contributed by atoms with Gasteiger partial charge in [0, 0.05) is 17.6 Å². The fourth-order valence-corrected chi connectivity index (χ4v) is 2.84. The van der Waals surface area contributed by atoms with E-state index in [2.05, 4.69) is 60.4 Å². The fraction of sp³-hybridized carbons (Fsp3) is 0.474. The van der Waals surface area contributed by atoms with Crippen molar-refractivity contribution >= 4 is 17.3 Å². The van der Waals surface area contributed by atoms with Gasteiger partial charge in [-0.1, -0.05) is 26.0 Å². The highest BCUT2D eigenvalue weighted by atomic mass is 32.1. The van der Waals surface area contributed by atoms with Crippen molar-refractivity contribution in [2.75, 3.05) is 13.2 Å². The SMILES string of the molecule is CCNC(=NCc1ccc(OCC(C)C)cc1)NCc1ncc(C)s1. The molecule has 0 amide bonds. The van der Waals surface area contributed by atoms with Crippen LogP contribution >= 0.6 is 11.3 Å². The van der Waals surface area contributed by atoms with E-state index in [1.54, 1.807) is 11.3 Å². The maximum atomic E-state index is 5.71. The van der Waals surface area contributed by atoms with Crippen LogP contribution in [0.25, 0.3) is 0 Å². The summed E-state index contributed by atoms with van der Waals surface area (Å²) in [6.45, 7) is 11.3. The van der Waals surface area contributed by atoms with Crippen LogP contribution in [0.1, 0.15) is 36.2 Å². The molecule has 0 saturated carbocycles. The van der Waals surface area contributed by atoms with Crippen molar-refractivity contribution in [1.82, 2.24) is 15.6 Å². The van der Waals surface area contributed by atoms with Crippen molar-refractivity contribution in [3.63, 3.8) is 0 Å². The predicted molar refractivity (Wildman–Crippen MR) is 105 cm³/mol. The van der Waals surface area contributed by atoms with Crippen molar-refractivity contribution in [1.29, 1.82) is 0 Å². The van der Waals surface area contributed by atoms with E-state index in [0.29, 0.717) is 19.0 Å². The first-order valence-corrected chi connectivity index (χ1v) is 9.53. The minimum atomic E-state index is 0.527. The third kappa shape index (κ3) is 7.13. The molecular weight excluding hydrogens is 332 g/mol. The quantitative estimate of drug-likeness (QED) is 0.556. The van der Waals surface area contributed by atoms with E-state index >= 15 is 0 Å². The lowest BCUT2D eigenvalue weighted by atomic mass is 10.2. The van der Waals surface area contributed by atoms with Crippen LogP contribution in [-0.4, -0.2) is 24.1 Å². The number of hydrogen-bond acceptors (Lipinski definition) is 4. The maximum Gasteiger partial charge on any atom is 0.191 e. The van der Waals surface area contributed by atoms with E-state index in [1.165, 1.54) is 4.88 Å². The Hall–Kier alpha value is -2.08. The Balaban J connectivity index is 1.88. The number of nitrogens with one attached hydrogen (secondary N) is 2.